The first kappa shape index (κ1) is 13.9. The summed E-state index contributed by atoms with van der Waals surface area (Å²) in [6.45, 7) is 9.67. The van der Waals surface area contributed by atoms with E-state index in [1.54, 1.807) is 0 Å². The van der Waals surface area contributed by atoms with E-state index < -0.39 is 0 Å². The van der Waals surface area contributed by atoms with Crippen LogP contribution in [0, 0.1) is 23.2 Å². The highest BCUT2D eigenvalue weighted by molar-refractivity contribution is 5.78. The van der Waals surface area contributed by atoms with E-state index in [0.29, 0.717) is 17.3 Å². The molecule has 0 radical (unpaired) electrons. The van der Waals surface area contributed by atoms with Gasteiger partial charge in [0.2, 0.25) is 5.91 Å². The highest BCUT2D eigenvalue weighted by atomic mass is 16.1. The van der Waals surface area contributed by atoms with Crippen LogP contribution in [0.2, 0.25) is 0 Å². The molecule has 3 heteroatoms. The van der Waals surface area contributed by atoms with Gasteiger partial charge in [-0.3, -0.25) is 4.79 Å². The summed E-state index contributed by atoms with van der Waals surface area (Å²) < 4.78 is 0. The molecule has 1 aliphatic heterocycles. The average Bonchev–Trinajstić information content (AvgIpc) is 2.24. The third-order valence-corrected chi connectivity index (χ3v) is 4.96. The molecule has 104 valence electrons. The van der Waals surface area contributed by atoms with E-state index in [0.717, 1.165) is 19.6 Å². The predicted octanol–water partition coefficient (Wildman–Crippen LogP) is 2.17. The number of carbonyl (C=O) groups excluding carboxylic acids is 1. The second-order valence-electron chi connectivity index (χ2n) is 7.06. The van der Waals surface area contributed by atoms with Crippen LogP contribution in [0.1, 0.15) is 46.5 Å². The summed E-state index contributed by atoms with van der Waals surface area (Å²) in [5.74, 6) is 1.68. The number of carbonyl (C=O) groups is 1. The van der Waals surface area contributed by atoms with Gasteiger partial charge in [-0.25, -0.2) is 0 Å². The number of nitrogens with one attached hydrogen (secondary N) is 2. The molecule has 18 heavy (non-hydrogen) atoms. The van der Waals surface area contributed by atoms with Gasteiger partial charge in [0.05, 0.1) is 0 Å². The smallest absolute Gasteiger partial charge is 0.223 e. The molecule has 1 saturated heterocycles. The molecule has 2 rings (SSSR count). The van der Waals surface area contributed by atoms with E-state index in [-0.39, 0.29) is 11.8 Å². The fourth-order valence-corrected chi connectivity index (χ4v) is 2.95. The molecule has 2 N–H and O–H groups in total. The zero-order valence-electron chi connectivity index (χ0n) is 12.1. The van der Waals surface area contributed by atoms with E-state index in [9.17, 15) is 4.79 Å². The van der Waals surface area contributed by atoms with E-state index in [4.69, 9.17) is 0 Å². The first-order valence-electron chi connectivity index (χ1n) is 7.46. The SMILES string of the molecule is CC(C(=O)NCC1CCC(C)(C)CC1)C1CNC1. The fourth-order valence-electron chi connectivity index (χ4n) is 2.95. The molecule has 2 aliphatic rings. The zero-order valence-corrected chi connectivity index (χ0v) is 12.1. The number of hydrogen-bond donors (Lipinski definition) is 2. The quantitative estimate of drug-likeness (QED) is 0.805. The average molecular weight is 252 g/mol. The van der Waals surface area contributed by atoms with Gasteiger partial charge in [-0.1, -0.05) is 20.8 Å². The molecule has 0 spiro atoms. The Morgan fingerprint density at radius 3 is 2.44 bits per heavy atom. The van der Waals surface area contributed by atoms with Gasteiger partial charge in [0.1, 0.15) is 0 Å². The van der Waals surface area contributed by atoms with E-state index in [1.165, 1.54) is 25.7 Å². The molecule has 1 saturated carbocycles. The van der Waals surface area contributed by atoms with Crippen molar-refractivity contribution in [2.24, 2.45) is 23.2 Å². The summed E-state index contributed by atoms with van der Waals surface area (Å²) in [6, 6.07) is 0. The molecule has 0 aromatic heterocycles. The van der Waals surface area contributed by atoms with Crippen molar-refractivity contribution >= 4 is 5.91 Å². The molecule has 1 unspecified atom stereocenters. The minimum absolute atomic E-state index is 0.172. The maximum Gasteiger partial charge on any atom is 0.223 e. The lowest BCUT2D eigenvalue weighted by atomic mass is 9.73. The highest BCUT2D eigenvalue weighted by Gasteiger charge is 2.30. The van der Waals surface area contributed by atoms with Crippen LogP contribution >= 0.6 is 0 Å². The number of amides is 1. The predicted molar refractivity (Wildman–Crippen MR) is 74.3 cm³/mol. The van der Waals surface area contributed by atoms with Crippen LogP contribution in [0.15, 0.2) is 0 Å². The molecular weight excluding hydrogens is 224 g/mol. The normalized spacial score (nSPS) is 26.4. The van der Waals surface area contributed by atoms with Crippen LogP contribution in [-0.4, -0.2) is 25.5 Å². The first-order valence-corrected chi connectivity index (χ1v) is 7.46. The van der Waals surface area contributed by atoms with Crippen molar-refractivity contribution in [3.63, 3.8) is 0 Å². The lowest BCUT2D eigenvalue weighted by Crippen LogP contribution is -2.50. The van der Waals surface area contributed by atoms with Crippen LogP contribution in [0.5, 0.6) is 0 Å². The minimum Gasteiger partial charge on any atom is -0.356 e. The van der Waals surface area contributed by atoms with E-state index >= 15 is 0 Å². The molecule has 1 heterocycles. The van der Waals surface area contributed by atoms with Gasteiger partial charge < -0.3 is 10.6 Å². The lowest BCUT2D eigenvalue weighted by Gasteiger charge is -2.35. The lowest BCUT2D eigenvalue weighted by molar-refractivity contribution is -0.126. The Bertz CT molecular complexity index is 287. The summed E-state index contributed by atoms with van der Waals surface area (Å²) in [5.41, 5.74) is 0.519. The third kappa shape index (κ3) is 3.47. The molecule has 1 aliphatic carbocycles. The molecule has 1 amide bonds. The van der Waals surface area contributed by atoms with Gasteiger partial charge >= 0.3 is 0 Å². The Morgan fingerprint density at radius 2 is 1.94 bits per heavy atom. The van der Waals surface area contributed by atoms with Crippen LogP contribution in [0.25, 0.3) is 0 Å². The van der Waals surface area contributed by atoms with E-state index in [2.05, 4.69) is 31.4 Å². The fraction of sp³-hybridized carbons (Fsp3) is 0.933. The first-order chi connectivity index (χ1) is 8.48. The maximum absolute atomic E-state index is 12.0. The highest BCUT2D eigenvalue weighted by Crippen LogP contribution is 2.37. The van der Waals surface area contributed by atoms with Crippen molar-refractivity contribution in [2.75, 3.05) is 19.6 Å². The van der Waals surface area contributed by atoms with Gasteiger partial charge in [0, 0.05) is 12.5 Å². The largest absolute Gasteiger partial charge is 0.356 e. The Balaban J connectivity index is 1.67. The molecule has 0 bridgehead atoms. The van der Waals surface area contributed by atoms with Gasteiger partial charge in [-0.05, 0) is 56.0 Å². The van der Waals surface area contributed by atoms with Crippen LogP contribution < -0.4 is 10.6 Å². The summed E-state index contributed by atoms with van der Waals surface area (Å²) in [4.78, 5) is 12.0. The summed E-state index contributed by atoms with van der Waals surface area (Å²) in [7, 11) is 0. The number of hydrogen-bond acceptors (Lipinski definition) is 2. The van der Waals surface area contributed by atoms with E-state index in [1.807, 2.05) is 0 Å². The van der Waals surface area contributed by atoms with Crippen LogP contribution in [0.4, 0.5) is 0 Å². The van der Waals surface area contributed by atoms with Crippen LogP contribution in [0.3, 0.4) is 0 Å². The van der Waals surface area contributed by atoms with Crippen molar-refractivity contribution in [1.29, 1.82) is 0 Å². The zero-order chi connectivity index (χ0) is 13.2. The minimum atomic E-state index is 0.172. The van der Waals surface area contributed by atoms with Gasteiger partial charge in [-0.15, -0.1) is 0 Å². The Kier molecular flexibility index (Phi) is 4.31. The molecular formula is C15H28N2O. The van der Waals surface area contributed by atoms with Crippen molar-refractivity contribution in [1.82, 2.24) is 10.6 Å². The van der Waals surface area contributed by atoms with Gasteiger partial charge in [0.25, 0.3) is 0 Å². The second kappa shape index (κ2) is 5.60. The van der Waals surface area contributed by atoms with Crippen molar-refractivity contribution in [3.05, 3.63) is 0 Å². The second-order valence-corrected chi connectivity index (χ2v) is 7.06. The standard InChI is InChI=1S/C15H28N2O/c1-11(13-9-16-10-13)14(18)17-8-12-4-6-15(2,3)7-5-12/h11-13,16H,4-10H2,1-3H3,(H,17,18). The van der Waals surface area contributed by atoms with Crippen molar-refractivity contribution < 1.29 is 4.79 Å². The Hall–Kier alpha value is -0.570. The maximum atomic E-state index is 12.0. The summed E-state index contributed by atoms with van der Waals surface area (Å²) >= 11 is 0. The van der Waals surface area contributed by atoms with Crippen molar-refractivity contribution in [2.45, 2.75) is 46.5 Å². The molecule has 3 nitrogen and oxygen atoms in total. The Labute approximate surface area is 111 Å². The summed E-state index contributed by atoms with van der Waals surface area (Å²) in [6.07, 6.45) is 5.14. The topological polar surface area (TPSA) is 41.1 Å². The van der Waals surface area contributed by atoms with Gasteiger partial charge in [0.15, 0.2) is 0 Å². The molecule has 0 aromatic carbocycles. The molecule has 2 fully saturated rings. The number of rotatable bonds is 4. The summed E-state index contributed by atoms with van der Waals surface area (Å²) in [5, 5.41) is 6.39. The van der Waals surface area contributed by atoms with Crippen molar-refractivity contribution in [3.8, 4) is 0 Å². The van der Waals surface area contributed by atoms with Gasteiger partial charge in [-0.2, -0.15) is 0 Å². The van der Waals surface area contributed by atoms with Crippen LogP contribution in [-0.2, 0) is 4.79 Å². The Morgan fingerprint density at radius 1 is 1.33 bits per heavy atom. The molecule has 1 atom stereocenters. The monoisotopic (exact) mass is 252 g/mol. The molecule has 0 aromatic rings. The third-order valence-electron chi connectivity index (χ3n) is 4.96.